The fraction of sp³-hybridized carbons (Fsp3) is 0.286. The lowest BCUT2D eigenvalue weighted by molar-refractivity contribution is 0.343. The molecule has 0 radical (unpaired) electrons. The summed E-state index contributed by atoms with van der Waals surface area (Å²) in [6, 6.07) is 0. The van der Waals surface area contributed by atoms with Gasteiger partial charge in [0, 0.05) is 5.56 Å². The quantitative estimate of drug-likeness (QED) is 0.664. The Morgan fingerprint density at radius 1 is 1.80 bits per heavy atom. The third-order valence-corrected chi connectivity index (χ3v) is 1.19. The average molecular weight is 139 g/mol. The summed E-state index contributed by atoms with van der Waals surface area (Å²) >= 11 is 0. The van der Waals surface area contributed by atoms with Crippen LogP contribution in [-0.4, -0.2) is 16.9 Å². The van der Waals surface area contributed by atoms with Crippen LogP contribution in [0.25, 0.3) is 6.08 Å². The highest BCUT2D eigenvalue weighted by molar-refractivity contribution is 5.49. The molecular weight excluding hydrogens is 130 g/mol. The molecule has 10 heavy (non-hydrogen) atoms. The van der Waals surface area contributed by atoms with Crippen LogP contribution in [0.5, 0.6) is 0 Å². The topological polar surface area (TPSA) is 46.3 Å². The maximum absolute atomic E-state index is 8.42. The van der Waals surface area contributed by atoms with Crippen molar-refractivity contribution in [1.82, 2.24) is 5.16 Å². The van der Waals surface area contributed by atoms with E-state index in [2.05, 4.69) is 5.16 Å². The van der Waals surface area contributed by atoms with E-state index in [1.165, 1.54) is 0 Å². The van der Waals surface area contributed by atoms with E-state index in [0.717, 1.165) is 11.3 Å². The minimum Gasteiger partial charge on any atom is -0.392 e. The minimum absolute atomic E-state index is 0.0463. The van der Waals surface area contributed by atoms with Gasteiger partial charge in [0.15, 0.2) is 0 Å². The molecular formula is C7H9NO2. The summed E-state index contributed by atoms with van der Waals surface area (Å²) in [4.78, 5) is 0. The second-order valence-corrected chi connectivity index (χ2v) is 1.92. The molecule has 0 fully saturated rings. The first-order valence-electron chi connectivity index (χ1n) is 3.03. The van der Waals surface area contributed by atoms with Gasteiger partial charge in [-0.1, -0.05) is 17.3 Å². The molecule has 1 heterocycles. The smallest absolute Gasteiger partial charge is 0.140 e. The van der Waals surface area contributed by atoms with Crippen molar-refractivity contribution in [3.05, 3.63) is 23.6 Å². The van der Waals surface area contributed by atoms with Crippen molar-refractivity contribution in [2.75, 3.05) is 6.61 Å². The van der Waals surface area contributed by atoms with Crippen molar-refractivity contribution in [2.45, 2.75) is 6.92 Å². The molecule has 0 amide bonds. The van der Waals surface area contributed by atoms with Crippen LogP contribution < -0.4 is 0 Å². The third-order valence-electron chi connectivity index (χ3n) is 1.19. The van der Waals surface area contributed by atoms with Crippen molar-refractivity contribution >= 4 is 6.08 Å². The van der Waals surface area contributed by atoms with Crippen LogP contribution in [0.1, 0.15) is 11.3 Å². The first-order chi connectivity index (χ1) is 4.84. The zero-order valence-electron chi connectivity index (χ0n) is 5.74. The van der Waals surface area contributed by atoms with Crippen LogP contribution in [0.15, 0.2) is 16.8 Å². The van der Waals surface area contributed by atoms with E-state index in [9.17, 15) is 0 Å². The van der Waals surface area contributed by atoms with Crippen LogP contribution in [0.2, 0.25) is 0 Å². The van der Waals surface area contributed by atoms with Crippen molar-refractivity contribution in [2.24, 2.45) is 0 Å². The van der Waals surface area contributed by atoms with Crippen LogP contribution in [0.3, 0.4) is 0 Å². The van der Waals surface area contributed by atoms with Crippen molar-refractivity contribution in [3.63, 3.8) is 0 Å². The molecule has 0 aromatic carbocycles. The number of aryl methyl sites for hydroxylation is 1. The largest absolute Gasteiger partial charge is 0.392 e. The minimum atomic E-state index is 0.0463. The van der Waals surface area contributed by atoms with Crippen LogP contribution in [-0.2, 0) is 0 Å². The predicted molar refractivity (Wildman–Crippen MR) is 37.4 cm³/mol. The molecule has 0 atom stereocenters. The predicted octanol–water partition coefficient (Wildman–Crippen LogP) is 0.989. The van der Waals surface area contributed by atoms with Crippen molar-refractivity contribution in [1.29, 1.82) is 0 Å². The molecule has 0 saturated carbocycles. The Kier molecular flexibility index (Phi) is 2.23. The fourth-order valence-corrected chi connectivity index (χ4v) is 0.646. The molecule has 3 heteroatoms. The molecule has 0 bridgehead atoms. The highest BCUT2D eigenvalue weighted by Gasteiger charge is 1.95. The van der Waals surface area contributed by atoms with Gasteiger partial charge in [0.2, 0.25) is 0 Å². The molecule has 0 spiro atoms. The Labute approximate surface area is 59.0 Å². The van der Waals surface area contributed by atoms with E-state index in [-0.39, 0.29) is 6.61 Å². The average Bonchev–Trinajstić information content (AvgIpc) is 2.31. The summed E-state index contributed by atoms with van der Waals surface area (Å²) in [6.07, 6.45) is 5.02. The van der Waals surface area contributed by atoms with Gasteiger partial charge in [-0.05, 0) is 6.92 Å². The second-order valence-electron chi connectivity index (χ2n) is 1.92. The number of aliphatic hydroxyl groups is 1. The second kappa shape index (κ2) is 3.17. The lowest BCUT2D eigenvalue weighted by atomic mass is 10.2. The zero-order valence-corrected chi connectivity index (χ0v) is 5.74. The van der Waals surface area contributed by atoms with Gasteiger partial charge in [-0.2, -0.15) is 0 Å². The molecule has 0 saturated heterocycles. The van der Waals surface area contributed by atoms with Gasteiger partial charge < -0.3 is 9.63 Å². The van der Waals surface area contributed by atoms with E-state index in [0.29, 0.717) is 0 Å². The highest BCUT2D eigenvalue weighted by atomic mass is 16.5. The number of nitrogens with zero attached hydrogens (tertiary/aromatic N) is 1. The van der Waals surface area contributed by atoms with Gasteiger partial charge in [-0.15, -0.1) is 0 Å². The third kappa shape index (κ3) is 1.45. The molecule has 0 aliphatic heterocycles. The van der Waals surface area contributed by atoms with E-state index >= 15 is 0 Å². The summed E-state index contributed by atoms with van der Waals surface area (Å²) in [5, 5.41) is 12.0. The van der Waals surface area contributed by atoms with Gasteiger partial charge in [0.05, 0.1) is 12.8 Å². The maximum Gasteiger partial charge on any atom is 0.140 e. The molecule has 0 aliphatic carbocycles. The maximum atomic E-state index is 8.42. The van der Waals surface area contributed by atoms with Gasteiger partial charge in [0.1, 0.15) is 5.76 Å². The molecule has 1 N–H and O–H groups in total. The van der Waals surface area contributed by atoms with Crippen LogP contribution >= 0.6 is 0 Å². The van der Waals surface area contributed by atoms with Gasteiger partial charge >= 0.3 is 0 Å². The van der Waals surface area contributed by atoms with E-state index in [1.54, 1.807) is 18.3 Å². The molecule has 0 aliphatic rings. The first kappa shape index (κ1) is 7.02. The van der Waals surface area contributed by atoms with Gasteiger partial charge in [-0.3, -0.25) is 0 Å². The van der Waals surface area contributed by atoms with E-state index in [4.69, 9.17) is 9.63 Å². The number of aromatic nitrogens is 1. The van der Waals surface area contributed by atoms with E-state index in [1.807, 2.05) is 6.92 Å². The van der Waals surface area contributed by atoms with Crippen molar-refractivity contribution < 1.29 is 9.63 Å². The summed E-state index contributed by atoms with van der Waals surface area (Å²) < 4.78 is 4.78. The Hall–Kier alpha value is -1.09. The Morgan fingerprint density at radius 2 is 2.60 bits per heavy atom. The van der Waals surface area contributed by atoms with Crippen molar-refractivity contribution in [3.8, 4) is 0 Å². The molecule has 54 valence electrons. The lowest BCUT2D eigenvalue weighted by Gasteiger charge is -1.82. The number of hydrogen-bond donors (Lipinski definition) is 1. The molecule has 0 unspecified atom stereocenters. The summed E-state index contributed by atoms with van der Waals surface area (Å²) in [6.45, 7) is 1.87. The molecule has 1 aromatic rings. The lowest BCUT2D eigenvalue weighted by Crippen LogP contribution is -1.72. The standard InChI is InChI=1S/C7H9NO2/c1-6-7(3-2-4-9)5-8-10-6/h2-3,5,9H,4H2,1H3/b3-2+. The number of rotatable bonds is 2. The summed E-state index contributed by atoms with van der Waals surface area (Å²) in [5.41, 5.74) is 0.911. The first-order valence-corrected chi connectivity index (χ1v) is 3.03. The van der Waals surface area contributed by atoms with Crippen LogP contribution in [0, 0.1) is 6.92 Å². The van der Waals surface area contributed by atoms with E-state index < -0.39 is 0 Å². The SMILES string of the molecule is Cc1oncc1/C=C/CO. The number of aliphatic hydroxyl groups excluding tert-OH is 1. The molecule has 1 aromatic heterocycles. The molecule has 3 nitrogen and oxygen atoms in total. The monoisotopic (exact) mass is 139 g/mol. The number of hydrogen-bond acceptors (Lipinski definition) is 3. The Morgan fingerprint density at radius 3 is 3.10 bits per heavy atom. The highest BCUT2D eigenvalue weighted by Crippen LogP contribution is 2.06. The van der Waals surface area contributed by atoms with Crippen LogP contribution in [0.4, 0.5) is 0 Å². The fourth-order valence-electron chi connectivity index (χ4n) is 0.646. The normalized spacial score (nSPS) is 11.0. The Bertz CT molecular complexity index is 227. The summed E-state index contributed by atoms with van der Waals surface area (Å²) in [5.74, 6) is 0.768. The Balaban J connectivity index is 2.74. The van der Waals surface area contributed by atoms with Gasteiger partial charge in [-0.25, -0.2) is 0 Å². The van der Waals surface area contributed by atoms with Gasteiger partial charge in [0.25, 0.3) is 0 Å². The zero-order chi connectivity index (χ0) is 7.40. The summed E-state index contributed by atoms with van der Waals surface area (Å²) in [7, 11) is 0. The molecule has 1 rings (SSSR count).